The normalized spacial score (nSPS) is 15.4. The van der Waals surface area contributed by atoms with Gasteiger partial charge in [0.15, 0.2) is 5.75 Å². The number of halogens is 5. The van der Waals surface area contributed by atoms with Crippen LogP contribution in [0.15, 0.2) is 41.0 Å². The number of ether oxygens (including phenoxy) is 1. The SMILES string of the molecule is CN1CCN(c2ccc(OC(F)(F)F)c(Nc3ncc4c(F)cc(Br)cc4n3)c2)CC1. The van der Waals surface area contributed by atoms with Crippen LogP contribution in [0.3, 0.4) is 0 Å². The van der Waals surface area contributed by atoms with Crippen LogP contribution in [-0.2, 0) is 0 Å². The smallest absolute Gasteiger partial charge is 0.404 e. The van der Waals surface area contributed by atoms with Gasteiger partial charge in [0, 0.05) is 42.5 Å². The number of fused-ring (bicyclic) bond motifs is 1. The molecule has 0 radical (unpaired) electrons. The van der Waals surface area contributed by atoms with Gasteiger partial charge in [0.2, 0.25) is 5.95 Å². The summed E-state index contributed by atoms with van der Waals surface area (Å²) in [4.78, 5) is 12.5. The Hall–Kier alpha value is -2.66. The number of hydrogen-bond acceptors (Lipinski definition) is 6. The molecule has 2 aromatic carbocycles. The second-order valence-electron chi connectivity index (χ2n) is 7.16. The number of hydrogen-bond donors (Lipinski definition) is 1. The van der Waals surface area contributed by atoms with Crippen LogP contribution >= 0.6 is 15.9 Å². The standard InChI is InChI=1S/C20H18BrF4N5O/c1-29-4-6-30(7-5-29)13-2-3-18(31-20(23,24)25)17(10-13)28-19-26-11-14-15(22)8-12(21)9-16(14)27-19/h2-3,8-11H,4-7H2,1H3,(H,26,27,28). The summed E-state index contributed by atoms with van der Waals surface area (Å²) in [6.45, 7) is 3.18. The van der Waals surface area contributed by atoms with E-state index in [-0.39, 0.29) is 17.0 Å². The lowest BCUT2D eigenvalue weighted by Gasteiger charge is -2.34. The van der Waals surface area contributed by atoms with Gasteiger partial charge in [0.25, 0.3) is 0 Å². The fourth-order valence-corrected chi connectivity index (χ4v) is 3.75. The molecule has 0 atom stereocenters. The fourth-order valence-electron chi connectivity index (χ4n) is 3.33. The molecule has 1 aliphatic rings. The molecule has 0 unspecified atom stereocenters. The van der Waals surface area contributed by atoms with E-state index in [1.165, 1.54) is 18.3 Å². The first kappa shape index (κ1) is 21.6. The third kappa shape index (κ3) is 5.16. The van der Waals surface area contributed by atoms with Gasteiger partial charge >= 0.3 is 6.36 Å². The van der Waals surface area contributed by atoms with Gasteiger partial charge in [0.05, 0.1) is 16.6 Å². The van der Waals surface area contributed by atoms with Crippen LogP contribution in [0.25, 0.3) is 10.9 Å². The van der Waals surface area contributed by atoms with Crippen LogP contribution in [0.5, 0.6) is 5.75 Å². The van der Waals surface area contributed by atoms with Crippen LogP contribution in [0, 0.1) is 5.82 Å². The van der Waals surface area contributed by atoms with Gasteiger partial charge in [0.1, 0.15) is 5.82 Å². The van der Waals surface area contributed by atoms with Gasteiger partial charge in [-0.25, -0.2) is 14.4 Å². The number of benzene rings is 2. The summed E-state index contributed by atoms with van der Waals surface area (Å²) >= 11 is 3.20. The van der Waals surface area contributed by atoms with E-state index in [0.717, 1.165) is 31.9 Å². The highest BCUT2D eigenvalue weighted by Crippen LogP contribution is 2.35. The van der Waals surface area contributed by atoms with E-state index in [1.807, 2.05) is 7.05 Å². The molecule has 1 fully saturated rings. The molecule has 3 aromatic rings. The highest BCUT2D eigenvalue weighted by molar-refractivity contribution is 9.10. The Kier molecular flexibility index (Phi) is 5.89. The number of nitrogens with zero attached hydrogens (tertiary/aromatic N) is 4. The number of likely N-dealkylation sites (N-methyl/N-ethyl adjacent to an activating group) is 1. The van der Waals surface area contributed by atoms with Gasteiger partial charge in [-0.1, -0.05) is 15.9 Å². The van der Waals surface area contributed by atoms with E-state index < -0.39 is 17.9 Å². The zero-order valence-corrected chi connectivity index (χ0v) is 18.0. The van der Waals surface area contributed by atoms with Crippen molar-refractivity contribution in [2.45, 2.75) is 6.36 Å². The number of piperazine rings is 1. The molecule has 0 aliphatic carbocycles. The van der Waals surface area contributed by atoms with Gasteiger partial charge in [-0.3, -0.25) is 0 Å². The molecule has 31 heavy (non-hydrogen) atoms. The van der Waals surface area contributed by atoms with Gasteiger partial charge < -0.3 is 19.9 Å². The van der Waals surface area contributed by atoms with Gasteiger partial charge in [-0.05, 0) is 37.4 Å². The average molecular weight is 500 g/mol. The lowest BCUT2D eigenvalue weighted by atomic mass is 10.2. The zero-order chi connectivity index (χ0) is 22.2. The molecule has 0 spiro atoms. The Bertz CT molecular complexity index is 1100. The van der Waals surface area contributed by atoms with E-state index in [0.29, 0.717) is 9.99 Å². The van der Waals surface area contributed by atoms with Crippen molar-refractivity contribution in [3.63, 3.8) is 0 Å². The maximum absolute atomic E-state index is 14.1. The molecule has 1 N–H and O–H groups in total. The molecule has 0 amide bonds. The Morgan fingerprint density at radius 3 is 2.55 bits per heavy atom. The quantitative estimate of drug-likeness (QED) is 0.514. The fraction of sp³-hybridized carbons (Fsp3) is 0.300. The van der Waals surface area contributed by atoms with Crippen molar-refractivity contribution in [3.05, 3.63) is 46.8 Å². The van der Waals surface area contributed by atoms with Crippen LogP contribution in [0.1, 0.15) is 0 Å². The van der Waals surface area contributed by atoms with E-state index in [2.05, 4.69) is 45.8 Å². The molecule has 0 bridgehead atoms. The molecule has 2 heterocycles. The van der Waals surface area contributed by atoms with E-state index in [9.17, 15) is 17.6 Å². The first-order valence-corrected chi connectivity index (χ1v) is 10.2. The maximum atomic E-state index is 14.1. The van der Waals surface area contributed by atoms with Crippen molar-refractivity contribution >= 4 is 44.2 Å². The lowest BCUT2D eigenvalue weighted by molar-refractivity contribution is -0.274. The highest BCUT2D eigenvalue weighted by atomic mass is 79.9. The maximum Gasteiger partial charge on any atom is 0.573 e. The van der Waals surface area contributed by atoms with Crippen molar-refractivity contribution in [1.82, 2.24) is 14.9 Å². The van der Waals surface area contributed by atoms with E-state index in [4.69, 9.17) is 0 Å². The average Bonchev–Trinajstić information content (AvgIpc) is 2.68. The molecule has 6 nitrogen and oxygen atoms in total. The van der Waals surface area contributed by atoms with Crippen molar-refractivity contribution < 1.29 is 22.3 Å². The van der Waals surface area contributed by atoms with Crippen LogP contribution in [0.4, 0.5) is 34.9 Å². The molecular weight excluding hydrogens is 482 g/mol. The largest absolute Gasteiger partial charge is 0.573 e. The second-order valence-corrected chi connectivity index (χ2v) is 8.07. The van der Waals surface area contributed by atoms with Crippen molar-refractivity contribution in [1.29, 1.82) is 0 Å². The number of anilines is 3. The minimum Gasteiger partial charge on any atom is -0.404 e. The predicted molar refractivity (Wildman–Crippen MR) is 113 cm³/mol. The van der Waals surface area contributed by atoms with Gasteiger partial charge in [-0.15, -0.1) is 13.2 Å². The first-order chi connectivity index (χ1) is 14.7. The van der Waals surface area contributed by atoms with Crippen LogP contribution in [-0.4, -0.2) is 54.5 Å². The first-order valence-electron chi connectivity index (χ1n) is 9.40. The minimum atomic E-state index is -4.86. The number of nitrogens with one attached hydrogen (secondary N) is 1. The Balaban J connectivity index is 1.69. The monoisotopic (exact) mass is 499 g/mol. The van der Waals surface area contributed by atoms with Crippen molar-refractivity contribution in [3.8, 4) is 5.75 Å². The molecule has 1 aromatic heterocycles. The van der Waals surface area contributed by atoms with Crippen LogP contribution < -0.4 is 15.0 Å². The zero-order valence-electron chi connectivity index (χ0n) is 16.4. The molecular formula is C20H18BrF4N5O. The summed E-state index contributed by atoms with van der Waals surface area (Å²) in [5.41, 5.74) is 1.11. The molecule has 1 aliphatic heterocycles. The third-order valence-corrected chi connectivity index (χ3v) is 5.38. The van der Waals surface area contributed by atoms with E-state index in [1.54, 1.807) is 18.2 Å². The molecule has 11 heteroatoms. The third-order valence-electron chi connectivity index (χ3n) is 4.92. The number of rotatable bonds is 4. The molecule has 4 rings (SSSR count). The topological polar surface area (TPSA) is 53.5 Å². The summed E-state index contributed by atoms with van der Waals surface area (Å²) in [5.74, 6) is -0.892. The highest BCUT2D eigenvalue weighted by Gasteiger charge is 2.32. The number of aromatic nitrogens is 2. The van der Waals surface area contributed by atoms with Crippen molar-refractivity contribution in [2.24, 2.45) is 0 Å². The molecule has 164 valence electrons. The predicted octanol–water partition coefficient (Wildman–Crippen LogP) is 4.93. The Morgan fingerprint density at radius 2 is 1.84 bits per heavy atom. The summed E-state index contributed by atoms with van der Waals surface area (Å²) in [6, 6.07) is 7.31. The Morgan fingerprint density at radius 1 is 1.10 bits per heavy atom. The summed E-state index contributed by atoms with van der Waals surface area (Å²) in [7, 11) is 2.02. The second kappa shape index (κ2) is 8.46. The summed E-state index contributed by atoms with van der Waals surface area (Å²) in [6.07, 6.45) is -3.58. The summed E-state index contributed by atoms with van der Waals surface area (Å²) < 4.78 is 57.5. The molecule has 0 saturated carbocycles. The number of alkyl halides is 3. The van der Waals surface area contributed by atoms with Crippen molar-refractivity contribution in [2.75, 3.05) is 43.4 Å². The van der Waals surface area contributed by atoms with Gasteiger partial charge in [-0.2, -0.15) is 0 Å². The van der Waals surface area contributed by atoms with Crippen LogP contribution in [0.2, 0.25) is 0 Å². The minimum absolute atomic E-state index is 0.0209. The summed E-state index contributed by atoms with van der Waals surface area (Å²) in [5, 5.41) is 2.99. The van der Waals surface area contributed by atoms with E-state index >= 15 is 0 Å². The lowest BCUT2D eigenvalue weighted by Crippen LogP contribution is -2.44. The Labute approximate surface area is 184 Å². The molecule has 1 saturated heterocycles.